The van der Waals surface area contributed by atoms with Crippen LogP contribution in [0.2, 0.25) is 0 Å². The zero-order chi connectivity index (χ0) is 41.8. The van der Waals surface area contributed by atoms with Crippen LogP contribution in [0.4, 0.5) is 0 Å². The Balaban J connectivity index is 1.99. The van der Waals surface area contributed by atoms with Crippen LogP contribution in [0.15, 0.2) is 60.7 Å². The van der Waals surface area contributed by atoms with E-state index in [1.165, 1.54) is 6.92 Å². The van der Waals surface area contributed by atoms with Crippen molar-refractivity contribution < 1.29 is 53.6 Å². The number of amides is 5. The predicted molar refractivity (Wildman–Crippen MR) is 206 cm³/mol. The summed E-state index contributed by atoms with van der Waals surface area (Å²) in [6.07, 6.45) is -1.68. The highest BCUT2D eigenvalue weighted by atomic mass is 16.5. The third-order valence-corrected chi connectivity index (χ3v) is 8.69. The van der Waals surface area contributed by atoms with Crippen molar-refractivity contribution in [2.75, 3.05) is 6.61 Å². The van der Waals surface area contributed by atoms with Gasteiger partial charge in [-0.05, 0) is 55.7 Å². The lowest BCUT2D eigenvalue weighted by Gasteiger charge is -2.28. The van der Waals surface area contributed by atoms with Gasteiger partial charge in [-0.15, -0.1) is 0 Å². The summed E-state index contributed by atoms with van der Waals surface area (Å²) in [6.45, 7) is 8.79. The van der Waals surface area contributed by atoms with E-state index in [-0.39, 0.29) is 31.1 Å². The van der Waals surface area contributed by atoms with Crippen LogP contribution in [0, 0.1) is 11.8 Å². The Kier molecular flexibility index (Phi) is 20.1. The van der Waals surface area contributed by atoms with Crippen molar-refractivity contribution in [1.82, 2.24) is 26.6 Å². The van der Waals surface area contributed by atoms with Crippen LogP contribution in [-0.2, 0) is 40.0 Å². The fourth-order valence-corrected chi connectivity index (χ4v) is 5.66. The Bertz CT molecular complexity index is 1590. The predicted octanol–water partition coefficient (Wildman–Crippen LogP) is 1.93. The molecule has 0 spiro atoms. The molecule has 2 aromatic carbocycles. The molecular formula is C40H57N5O11. The lowest BCUT2D eigenvalue weighted by atomic mass is 9.96. The molecule has 16 nitrogen and oxygen atoms in total. The summed E-state index contributed by atoms with van der Waals surface area (Å²) >= 11 is 0. The van der Waals surface area contributed by atoms with Gasteiger partial charge in [-0.2, -0.15) is 0 Å². The highest BCUT2D eigenvalue weighted by Gasteiger charge is 2.32. The van der Waals surface area contributed by atoms with E-state index in [0.717, 1.165) is 0 Å². The summed E-state index contributed by atoms with van der Waals surface area (Å²) in [5, 5.41) is 42.6. The van der Waals surface area contributed by atoms with E-state index in [1.807, 2.05) is 44.2 Å². The van der Waals surface area contributed by atoms with Crippen LogP contribution in [0.25, 0.3) is 0 Å². The van der Waals surface area contributed by atoms with Crippen LogP contribution in [0.3, 0.4) is 0 Å². The molecule has 2 aromatic rings. The summed E-state index contributed by atoms with van der Waals surface area (Å²) in [6, 6.07) is 11.7. The van der Waals surface area contributed by atoms with Crippen LogP contribution in [0.1, 0.15) is 78.7 Å². The van der Waals surface area contributed by atoms with Crippen LogP contribution < -0.4 is 31.3 Å². The first kappa shape index (κ1) is 46.6. The summed E-state index contributed by atoms with van der Waals surface area (Å²) < 4.78 is 5.63. The zero-order valence-corrected chi connectivity index (χ0v) is 32.7. The molecule has 0 heterocycles. The highest BCUT2D eigenvalue weighted by Crippen LogP contribution is 2.14. The van der Waals surface area contributed by atoms with Gasteiger partial charge in [0.15, 0.2) is 0 Å². The number of aliphatic carboxylic acids is 2. The van der Waals surface area contributed by atoms with Gasteiger partial charge < -0.3 is 46.6 Å². The largest absolute Gasteiger partial charge is 0.494 e. The van der Waals surface area contributed by atoms with Gasteiger partial charge in [0.05, 0.1) is 25.2 Å². The minimum Gasteiger partial charge on any atom is -0.494 e. The van der Waals surface area contributed by atoms with E-state index in [9.17, 15) is 48.9 Å². The smallest absolute Gasteiger partial charge is 0.326 e. The molecule has 8 N–H and O–H groups in total. The molecule has 0 saturated carbocycles. The number of ether oxygens (including phenoxy) is 1. The van der Waals surface area contributed by atoms with Crippen LogP contribution in [-0.4, -0.2) is 99.7 Å². The number of benzene rings is 2. The number of rotatable bonds is 25. The third kappa shape index (κ3) is 17.8. The topological polar surface area (TPSA) is 250 Å². The van der Waals surface area contributed by atoms with E-state index < -0.39 is 90.6 Å². The number of hydrogen-bond acceptors (Lipinski definition) is 9. The number of para-hydroxylation sites is 1. The molecule has 0 aliphatic rings. The van der Waals surface area contributed by atoms with Crippen molar-refractivity contribution in [3.8, 4) is 5.75 Å². The minimum absolute atomic E-state index is 0.0638. The van der Waals surface area contributed by atoms with Crippen molar-refractivity contribution in [2.24, 2.45) is 11.8 Å². The molecule has 1 unspecified atom stereocenters. The van der Waals surface area contributed by atoms with Gasteiger partial charge in [0.1, 0.15) is 29.9 Å². The first-order valence-corrected chi connectivity index (χ1v) is 18.8. The number of carboxylic acids is 2. The van der Waals surface area contributed by atoms with Crippen LogP contribution in [0.5, 0.6) is 5.75 Å². The Hall–Kier alpha value is -5.51. The average Bonchev–Trinajstić information content (AvgIpc) is 3.13. The molecule has 0 bridgehead atoms. The summed E-state index contributed by atoms with van der Waals surface area (Å²) in [4.78, 5) is 88.7. The number of aliphatic hydroxyl groups is 1. The van der Waals surface area contributed by atoms with Gasteiger partial charge in [0.25, 0.3) is 0 Å². The van der Waals surface area contributed by atoms with Gasteiger partial charge in [-0.25, -0.2) is 4.79 Å². The van der Waals surface area contributed by atoms with E-state index in [4.69, 9.17) is 4.74 Å². The van der Waals surface area contributed by atoms with Gasteiger partial charge in [-0.1, -0.05) is 76.2 Å². The maximum atomic E-state index is 13.3. The number of carboxylic acid groups (broad SMARTS) is 2. The van der Waals surface area contributed by atoms with Crippen molar-refractivity contribution >= 4 is 41.5 Å². The molecule has 2 rings (SSSR count). The Morgan fingerprint density at radius 1 is 0.679 bits per heavy atom. The van der Waals surface area contributed by atoms with Crippen molar-refractivity contribution in [3.63, 3.8) is 0 Å². The van der Waals surface area contributed by atoms with E-state index in [1.54, 1.807) is 44.2 Å². The molecule has 6 atom stereocenters. The normalized spacial score (nSPS) is 14.3. The molecule has 0 aliphatic carbocycles. The molecule has 56 heavy (non-hydrogen) atoms. The van der Waals surface area contributed by atoms with Gasteiger partial charge in [-0.3, -0.25) is 28.8 Å². The molecule has 16 heteroatoms. The van der Waals surface area contributed by atoms with Crippen LogP contribution >= 0.6 is 0 Å². The first-order chi connectivity index (χ1) is 26.5. The van der Waals surface area contributed by atoms with Crippen molar-refractivity contribution in [3.05, 3.63) is 66.2 Å². The Morgan fingerprint density at radius 2 is 1.29 bits per heavy atom. The van der Waals surface area contributed by atoms with Crippen molar-refractivity contribution in [2.45, 2.75) is 116 Å². The maximum absolute atomic E-state index is 13.3. The molecule has 0 aromatic heterocycles. The second kappa shape index (κ2) is 24.1. The number of hydrogen-bond donors (Lipinski definition) is 8. The lowest BCUT2D eigenvalue weighted by Crippen LogP contribution is -2.58. The molecule has 0 fully saturated rings. The maximum Gasteiger partial charge on any atom is 0.326 e. The lowest BCUT2D eigenvalue weighted by molar-refractivity contribution is -0.143. The van der Waals surface area contributed by atoms with E-state index in [2.05, 4.69) is 26.6 Å². The molecule has 0 radical (unpaired) electrons. The van der Waals surface area contributed by atoms with E-state index in [0.29, 0.717) is 30.8 Å². The number of carbonyl (C=O) groups excluding carboxylic acids is 5. The molecular weight excluding hydrogens is 726 g/mol. The minimum atomic E-state index is -1.44. The SMILES string of the molecule is CC(C)CC(NC(=O)CCCOc1ccccc1)[C@@H](O)CC(=O)N[C@@H](C(=O)N[C@H](C)C(=O)N[C@H](CCC(=O)O)C(=O)N[C@H](Cc1ccccc1)C(=O)O)C(C)C. The number of nitrogens with one attached hydrogen (secondary N) is 5. The van der Waals surface area contributed by atoms with E-state index >= 15 is 0 Å². The Morgan fingerprint density at radius 3 is 1.86 bits per heavy atom. The summed E-state index contributed by atoms with van der Waals surface area (Å²) in [5.41, 5.74) is 0.628. The Labute approximate surface area is 327 Å². The zero-order valence-electron chi connectivity index (χ0n) is 32.7. The third-order valence-electron chi connectivity index (χ3n) is 8.69. The molecule has 0 aliphatic heterocycles. The quantitative estimate of drug-likeness (QED) is 0.0676. The van der Waals surface area contributed by atoms with Gasteiger partial charge in [0.2, 0.25) is 29.5 Å². The average molecular weight is 784 g/mol. The second-order valence-corrected chi connectivity index (χ2v) is 14.4. The van der Waals surface area contributed by atoms with Gasteiger partial charge in [0, 0.05) is 19.3 Å². The second-order valence-electron chi connectivity index (χ2n) is 14.4. The van der Waals surface area contributed by atoms with Gasteiger partial charge >= 0.3 is 11.9 Å². The number of carbonyl (C=O) groups is 7. The first-order valence-electron chi connectivity index (χ1n) is 18.8. The fraction of sp³-hybridized carbons (Fsp3) is 0.525. The fourth-order valence-electron chi connectivity index (χ4n) is 5.66. The highest BCUT2D eigenvalue weighted by molar-refractivity contribution is 5.95. The standard InChI is InChI=1S/C40H57N5O11/c1-24(2)21-30(42-33(47)17-12-20-56-28-15-10-7-11-16-28)32(46)23-34(48)45-36(25(3)4)39(53)41-26(5)37(51)43-29(18-19-35(49)50)38(52)44-31(40(54)55)22-27-13-8-6-9-14-27/h6-11,13-16,24-26,29-32,36,46H,12,17-23H2,1-5H3,(H,41,53)(H,42,47)(H,43,51)(H,44,52)(H,45,48)(H,49,50)(H,54,55)/t26-,29-,30?,31-,32+,36-/m1/s1. The monoisotopic (exact) mass is 783 g/mol. The molecule has 308 valence electrons. The summed E-state index contributed by atoms with van der Waals surface area (Å²) in [5.74, 6) is -5.79. The molecule has 0 saturated heterocycles. The molecule has 5 amide bonds. The number of aliphatic hydroxyl groups excluding tert-OH is 1. The van der Waals surface area contributed by atoms with Crippen molar-refractivity contribution in [1.29, 1.82) is 0 Å². The summed E-state index contributed by atoms with van der Waals surface area (Å²) in [7, 11) is 0.